The maximum atomic E-state index is 13.5. The number of carbonyl (C=O) groups excluding carboxylic acids is 2. The number of rotatable bonds is 4. The van der Waals surface area contributed by atoms with Crippen molar-refractivity contribution < 1.29 is 19.1 Å². The number of hydrogen-bond acceptors (Lipinski definition) is 5. The lowest BCUT2D eigenvalue weighted by atomic mass is 10.00. The van der Waals surface area contributed by atoms with E-state index in [-0.39, 0.29) is 11.3 Å². The largest absolute Gasteiger partial charge is 0.503 e. The average Bonchev–Trinajstić information content (AvgIpc) is 3.49. The molecule has 5 nitrogen and oxygen atoms in total. The zero-order chi connectivity index (χ0) is 22.6. The number of aliphatic hydroxyl groups excluding tert-OH is 1. The lowest BCUT2D eigenvalue weighted by Gasteiger charge is -2.26. The minimum Gasteiger partial charge on any atom is -0.503 e. The van der Waals surface area contributed by atoms with Crippen molar-refractivity contribution in [3.8, 4) is 0 Å². The van der Waals surface area contributed by atoms with E-state index in [4.69, 9.17) is 27.6 Å². The van der Waals surface area contributed by atoms with Crippen LogP contribution in [0.15, 0.2) is 75.7 Å². The molecule has 4 aromatic rings. The SMILES string of the molecule is Cc1ccc(N2C(=O)C(O)=C(C(=O)c3cc4cc(Cl)ccc4o3)C2c2cccs2)cc1Cl. The molecule has 0 aliphatic carbocycles. The van der Waals surface area contributed by atoms with Gasteiger partial charge in [0.2, 0.25) is 5.78 Å². The Hall–Kier alpha value is -3.06. The normalized spacial score (nSPS) is 16.4. The second-order valence-electron chi connectivity index (χ2n) is 7.41. The first-order valence-corrected chi connectivity index (χ1v) is 11.3. The fraction of sp³-hybridized carbons (Fsp3) is 0.0833. The highest BCUT2D eigenvalue weighted by Gasteiger charge is 2.46. The van der Waals surface area contributed by atoms with E-state index in [0.29, 0.717) is 26.7 Å². The Morgan fingerprint density at radius 3 is 2.66 bits per heavy atom. The van der Waals surface area contributed by atoms with Gasteiger partial charge in [0.1, 0.15) is 11.6 Å². The Morgan fingerprint density at radius 1 is 1.12 bits per heavy atom. The van der Waals surface area contributed by atoms with Gasteiger partial charge in [-0.2, -0.15) is 0 Å². The second kappa shape index (κ2) is 7.81. The van der Waals surface area contributed by atoms with Crippen LogP contribution in [0.2, 0.25) is 10.0 Å². The van der Waals surface area contributed by atoms with Gasteiger partial charge in [-0.05, 0) is 60.3 Å². The number of ketones is 1. The molecule has 0 spiro atoms. The average molecular weight is 484 g/mol. The molecular formula is C24H15Cl2NO4S. The number of halogens is 2. The number of anilines is 1. The molecule has 2 aromatic heterocycles. The first-order valence-electron chi connectivity index (χ1n) is 9.65. The van der Waals surface area contributed by atoms with Crippen LogP contribution in [-0.2, 0) is 4.79 Å². The van der Waals surface area contributed by atoms with Crippen molar-refractivity contribution >= 4 is 62.9 Å². The molecule has 1 unspecified atom stereocenters. The van der Waals surface area contributed by atoms with Crippen molar-refractivity contribution in [3.63, 3.8) is 0 Å². The van der Waals surface area contributed by atoms with Gasteiger partial charge in [0.05, 0.1) is 5.57 Å². The maximum absolute atomic E-state index is 13.5. The number of carbonyl (C=O) groups is 2. The van der Waals surface area contributed by atoms with E-state index in [9.17, 15) is 14.7 Å². The van der Waals surface area contributed by atoms with Crippen molar-refractivity contribution in [2.24, 2.45) is 0 Å². The number of aryl methyl sites for hydroxylation is 1. The quantitative estimate of drug-likeness (QED) is 0.320. The van der Waals surface area contributed by atoms with E-state index >= 15 is 0 Å². The molecule has 2 aromatic carbocycles. The molecule has 5 rings (SSSR count). The highest BCUT2D eigenvalue weighted by Crippen LogP contribution is 2.44. The minimum absolute atomic E-state index is 0.0157. The van der Waals surface area contributed by atoms with E-state index in [1.165, 1.54) is 16.2 Å². The van der Waals surface area contributed by atoms with Crippen molar-refractivity contribution in [2.45, 2.75) is 13.0 Å². The van der Waals surface area contributed by atoms with Gasteiger partial charge in [-0.15, -0.1) is 11.3 Å². The third-order valence-corrected chi connectivity index (χ3v) is 6.97. The van der Waals surface area contributed by atoms with Gasteiger partial charge in [0.25, 0.3) is 5.91 Å². The molecule has 1 amide bonds. The highest BCUT2D eigenvalue weighted by molar-refractivity contribution is 7.10. The molecule has 0 saturated carbocycles. The number of aliphatic hydroxyl groups is 1. The summed E-state index contributed by atoms with van der Waals surface area (Å²) in [5.74, 6) is -1.83. The molecule has 0 fully saturated rings. The molecule has 8 heteroatoms. The smallest absolute Gasteiger partial charge is 0.294 e. The maximum Gasteiger partial charge on any atom is 0.294 e. The van der Waals surface area contributed by atoms with Gasteiger partial charge < -0.3 is 9.52 Å². The van der Waals surface area contributed by atoms with E-state index < -0.39 is 23.5 Å². The van der Waals surface area contributed by atoms with Crippen LogP contribution in [0.4, 0.5) is 5.69 Å². The summed E-state index contributed by atoms with van der Waals surface area (Å²) in [4.78, 5) is 28.8. The lowest BCUT2D eigenvalue weighted by Crippen LogP contribution is -2.30. The van der Waals surface area contributed by atoms with Crippen molar-refractivity contribution in [2.75, 3.05) is 4.90 Å². The first-order chi connectivity index (χ1) is 15.3. The fourth-order valence-corrected chi connectivity index (χ4v) is 4.99. The molecule has 1 atom stereocenters. The zero-order valence-corrected chi connectivity index (χ0v) is 19.0. The number of thiophene rings is 1. The first kappa shape index (κ1) is 20.8. The van der Waals surface area contributed by atoms with Crippen LogP contribution in [0, 0.1) is 6.92 Å². The van der Waals surface area contributed by atoms with Crippen LogP contribution in [-0.4, -0.2) is 16.8 Å². The lowest BCUT2D eigenvalue weighted by molar-refractivity contribution is -0.117. The van der Waals surface area contributed by atoms with Gasteiger partial charge in [-0.1, -0.05) is 35.3 Å². The topological polar surface area (TPSA) is 70.8 Å². The molecule has 1 N–H and O–H groups in total. The summed E-state index contributed by atoms with van der Waals surface area (Å²) in [5.41, 5.74) is 1.77. The van der Waals surface area contributed by atoms with Crippen LogP contribution in [0.25, 0.3) is 11.0 Å². The monoisotopic (exact) mass is 483 g/mol. The summed E-state index contributed by atoms with van der Waals surface area (Å²) in [6.45, 7) is 1.85. The molecule has 0 saturated heterocycles. The molecular weight excluding hydrogens is 469 g/mol. The van der Waals surface area contributed by atoms with Crippen LogP contribution >= 0.6 is 34.5 Å². The van der Waals surface area contributed by atoms with E-state index in [2.05, 4.69) is 0 Å². The fourth-order valence-electron chi connectivity index (χ4n) is 3.81. The predicted molar refractivity (Wildman–Crippen MR) is 126 cm³/mol. The van der Waals surface area contributed by atoms with Crippen LogP contribution in [0.1, 0.15) is 27.0 Å². The third kappa shape index (κ3) is 3.32. The number of nitrogens with zero attached hydrogens (tertiary/aromatic N) is 1. The summed E-state index contributed by atoms with van der Waals surface area (Å²) in [6.07, 6.45) is 0. The molecule has 0 bridgehead atoms. The third-order valence-electron chi connectivity index (χ3n) is 5.40. The summed E-state index contributed by atoms with van der Waals surface area (Å²) in [7, 11) is 0. The Balaban J connectivity index is 1.64. The van der Waals surface area contributed by atoms with Gasteiger partial charge in [0.15, 0.2) is 11.5 Å². The number of fused-ring (bicyclic) bond motifs is 1. The summed E-state index contributed by atoms with van der Waals surface area (Å²) in [6, 6.07) is 14.6. The predicted octanol–water partition coefficient (Wildman–Crippen LogP) is 6.89. The Morgan fingerprint density at radius 2 is 1.94 bits per heavy atom. The van der Waals surface area contributed by atoms with Crippen molar-refractivity contribution in [3.05, 3.63) is 97.6 Å². The Labute approximate surface area is 197 Å². The number of benzene rings is 2. The number of amides is 1. The Kier molecular flexibility index (Phi) is 5.08. The standard InChI is InChI=1S/C24H15Cl2NO4S/c1-12-4-6-15(11-16(12)26)27-21(19-3-2-8-32-19)20(23(29)24(27)30)22(28)18-10-13-9-14(25)5-7-17(13)31-18/h2-11,21,29H,1H3. The number of furan rings is 1. The van der Waals surface area contributed by atoms with Gasteiger partial charge >= 0.3 is 0 Å². The van der Waals surface area contributed by atoms with Crippen molar-refractivity contribution in [1.82, 2.24) is 0 Å². The molecule has 1 aliphatic rings. The number of Topliss-reactive ketones (excluding diaryl/α,β-unsaturated/α-hetero) is 1. The molecule has 3 heterocycles. The summed E-state index contributed by atoms with van der Waals surface area (Å²) < 4.78 is 5.72. The number of hydrogen-bond donors (Lipinski definition) is 1. The van der Waals surface area contributed by atoms with E-state index in [1.807, 2.05) is 24.4 Å². The van der Waals surface area contributed by atoms with Crippen LogP contribution in [0.5, 0.6) is 0 Å². The van der Waals surface area contributed by atoms with Crippen LogP contribution in [0.3, 0.4) is 0 Å². The summed E-state index contributed by atoms with van der Waals surface area (Å²) >= 11 is 13.7. The summed E-state index contributed by atoms with van der Waals surface area (Å²) in [5, 5.41) is 14.3. The van der Waals surface area contributed by atoms with E-state index in [0.717, 1.165) is 10.4 Å². The molecule has 0 radical (unpaired) electrons. The highest BCUT2D eigenvalue weighted by atomic mass is 35.5. The van der Waals surface area contributed by atoms with Gasteiger partial charge in [0, 0.05) is 26.0 Å². The molecule has 1 aliphatic heterocycles. The van der Waals surface area contributed by atoms with E-state index in [1.54, 1.807) is 42.5 Å². The minimum atomic E-state index is -0.814. The molecule has 160 valence electrons. The Bertz CT molecular complexity index is 1420. The van der Waals surface area contributed by atoms with Crippen molar-refractivity contribution in [1.29, 1.82) is 0 Å². The van der Waals surface area contributed by atoms with Crippen LogP contribution < -0.4 is 4.90 Å². The second-order valence-corrected chi connectivity index (χ2v) is 9.23. The van der Waals surface area contributed by atoms with Gasteiger partial charge in [-0.3, -0.25) is 14.5 Å². The van der Waals surface area contributed by atoms with Gasteiger partial charge in [-0.25, -0.2) is 0 Å². The molecule has 32 heavy (non-hydrogen) atoms. The zero-order valence-electron chi connectivity index (χ0n) is 16.6.